The Hall–Kier alpha value is -1.19. The maximum Gasteiger partial charge on any atom is 0.183 e. The van der Waals surface area contributed by atoms with Crippen LogP contribution in [0.3, 0.4) is 0 Å². The Balaban J connectivity index is 2.18. The van der Waals surface area contributed by atoms with Crippen LogP contribution in [0.1, 0.15) is 10.4 Å². The van der Waals surface area contributed by atoms with Gasteiger partial charge in [-0.15, -0.1) is 0 Å². The first-order valence-corrected chi connectivity index (χ1v) is 6.09. The molecule has 80 valence electrons. The second kappa shape index (κ2) is 3.68. The van der Waals surface area contributed by atoms with Crippen LogP contribution in [0, 0.1) is 0 Å². The van der Waals surface area contributed by atoms with Gasteiger partial charge >= 0.3 is 0 Å². The zero-order valence-electron chi connectivity index (χ0n) is 8.31. The summed E-state index contributed by atoms with van der Waals surface area (Å²) in [4.78, 5) is 13.0. The van der Waals surface area contributed by atoms with Gasteiger partial charge in [-0.05, 0) is 30.3 Å². The zero-order valence-corrected chi connectivity index (χ0v) is 9.89. The van der Waals surface area contributed by atoms with Gasteiger partial charge in [-0.2, -0.15) is 0 Å². The fourth-order valence-electron chi connectivity index (χ4n) is 1.78. The summed E-state index contributed by atoms with van der Waals surface area (Å²) in [5.41, 5.74) is 0.723. The molecule has 0 saturated heterocycles. The Morgan fingerprint density at radius 3 is 3.06 bits per heavy atom. The van der Waals surface area contributed by atoms with Gasteiger partial charge in [0.1, 0.15) is 0 Å². The highest BCUT2D eigenvalue weighted by Crippen LogP contribution is 2.35. The predicted molar refractivity (Wildman–Crippen MR) is 64.3 cm³/mol. The molecule has 0 atom stereocenters. The predicted octanol–water partition coefficient (Wildman–Crippen LogP) is 3.49. The number of hydrogen-bond donors (Lipinski definition) is 0. The van der Waals surface area contributed by atoms with Gasteiger partial charge < -0.3 is 4.57 Å². The van der Waals surface area contributed by atoms with E-state index in [2.05, 4.69) is 0 Å². The van der Waals surface area contributed by atoms with E-state index in [1.807, 2.05) is 35.0 Å². The van der Waals surface area contributed by atoms with Crippen molar-refractivity contribution in [3.8, 4) is 0 Å². The van der Waals surface area contributed by atoms with E-state index in [4.69, 9.17) is 11.6 Å². The van der Waals surface area contributed by atoms with Crippen molar-refractivity contribution in [3.05, 3.63) is 47.1 Å². The van der Waals surface area contributed by atoms with Crippen molar-refractivity contribution in [2.75, 3.05) is 0 Å². The Morgan fingerprint density at radius 2 is 2.19 bits per heavy atom. The van der Waals surface area contributed by atoms with Crippen LogP contribution in [0.25, 0.3) is 0 Å². The van der Waals surface area contributed by atoms with Gasteiger partial charge in [0.2, 0.25) is 0 Å². The number of carbonyl (C=O) groups excluding carboxylic acids is 1. The first kappa shape index (κ1) is 10.00. The van der Waals surface area contributed by atoms with Crippen LogP contribution < -0.4 is 0 Å². The second-order valence-corrected chi connectivity index (χ2v) is 5.14. The van der Waals surface area contributed by atoms with Crippen molar-refractivity contribution >= 4 is 29.1 Å². The van der Waals surface area contributed by atoms with Crippen LogP contribution >= 0.6 is 23.4 Å². The summed E-state index contributed by atoms with van der Waals surface area (Å²) in [6.45, 7) is 0.392. The first-order valence-electron chi connectivity index (χ1n) is 4.90. The topological polar surface area (TPSA) is 22.0 Å². The van der Waals surface area contributed by atoms with Crippen LogP contribution in [0.2, 0.25) is 5.02 Å². The standard InChI is InChI=1S/C12H8ClNOS/c13-8-3-4-11-9(6-8)10(15)7-14-5-1-2-12(14)16-11/h1-6H,7H2. The van der Waals surface area contributed by atoms with Crippen LogP contribution in [-0.4, -0.2) is 10.4 Å². The van der Waals surface area contributed by atoms with Gasteiger partial charge in [-0.1, -0.05) is 23.4 Å². The summed E-state index contributed by atoms with van der Waals surface area (Å²) in [7, 11) is 0. The first-order chi connectivity index (χ1) is 7.74. The molecule has 0 bridgehead atoms. The molecule has 2 aromatic rings. The average Bonchev–Trinajstić information content (AvgIpc) is 2.63. The molecular weight excluding hydrogens is 242 g/mol. The molecule has 2 heterocycles. The Bertz CT molecular complexity index is 576. The van der Waals surface area contributed by atoms with Crippen molar-refractivity contribution in [1.82, 2.24) is 4.57 Å². The van der Waals surface area contributed by atoms with E-state index in [1.165, 1.54) is 0 Å². The van der Waals surface area contributed by atoms with Gasteiger partial charge in [0.25, 0.3) is 0 Å². The van der Waals surface area contributed by atoms with E-state index < -0.39 is 0 Å². The third kappa shape index (κ3) is 1.56. The minimum Gasteiger partial charge on any atom is -0.335 e. The largest absolute Gasteiger partial charge is 0.335 e. The smallest absolute Gasteiger partial charge is 0.183 e. The van der Waals surface area contributed by atoms with Crippen LogP contribution in [-0.2, 0) is 6.54 Å². The third-order valence-electron chi connectivity index (χ3n) is 2.56. The van der Waals surface area contributed by atoms with Gasteiger partial charge in [0.15, 0.2) is 5.78 Å². The Labute approximate surface area is 102 Å². The molecule has 0 unspecified atom stereocenters. The van der Waals surface area contributed by atoms with E-state index in [0.717, 1.165) is 15.5 Å². The summed E-state index contributed by atoms with van der Waals surface area (Å²) >= 11 is 7.52. The maximum absolute atomic E-state index is 12.0. The fourth-order valence-corrected chi connectivity index (χ4v) is 2.99. The van der Waals surface area contributed by atoms with E-state index in [0.29, 0.717) is 11.6 Å². The summed E-state index contributed by atoms with van der Waals surface area (Å²) in [5.74, 6) is 0.111. The monoisotopic (exact) mass is 249 g/mol. The van der Waals surface area contributed by atoms with Crippen LogP contribution in [0.4, 0.5) is 0 Å². The number of halogens is 1. The molecule has 2 nitrogen and oxygen atoms in total. The normalized spacial score (nSPS) is 14.2. The molecule has 1 aliphatic rings. The van der Waals surface area contributed by atoms with E-state index in [9.17, 15) is 4.79 Å². The number of nitrogens with zero attached hydrogens (tertiary/aromatic N) is 1. The SMILES string of the molecule is O=C1Cn2cccc2Sc2ccc(Cl)cc21. The number of Topliss-reactive ketones (excluding diaryl/α,β-unsaturated/α-hetero) is 1. The molecular formula is C12H8ClNOS. The number of benzene rings is 1. The van der Waals surface area contributed by atoms with Crippen LogP contribution in [0.15, 0.2) is 46.5 Å². The molecule has 0 aliphatic carbocycles. The van der Waals surface area contributed by atoms with E-state index in [1.54, 1.807) is 17.8 Å². The lowest BCUT2D eigenvalue weighted by Crippen LogP contribution is -2.08. The lowest BCUT2D eigenvalue weighted by atomic mass is 10.1. The molecule has 0 fully saturated rings. The van der Waals surface area contributed by atoms with Gasteiger partial charge in [0.05, 0.1) is 11.6 Å². The van der Waals surface area contributed by atoms with Crippen molar-refractivity contribution in [3.63, 3.8) is 0 Å². The van der Waals surface area contributed by atoms with Gasteiger partial charge in [-0.3, -0.25) is 4.79 Å². The second-order valence-electron chi connectivity index (χ2n) is 3.64. The highest BCUT2D eigenvalue weighted by atomic mass is 35.5. The van der Waals surface area contributed by atoms with Gasteiger partial charge in [-0.25, -0.2) is 0 Å². The average molecular weight is 250 g/mol. The minimum absolute atomic E-state index is 0.111. The van der Waals surface area contributed by atoms with E-state index >= 15 is 0 Å². The summed E-state index contributed by atoms with van der Waals surface area (Å²) in [6.07, 6.45) is 1.92. The van der Waals surface area contributed by atoms with E-state index in [-0.39, 0.29) is 5.78 Å². The molecule has 1 aromatic carbocycles. The van der Waals surface area contributed by atoms with Crippen molar-refractivity contribution < 1.29 is 4.79 Å². The molecule has 0 radical (unpaired) electrons. The molecule has 3 rings (SSSR count). The summed E-state index contributed by atoms with van der Waals surface area (Å²) < 4.78 is 1.96. The number of fused-ring (bicyclic) bond motifs is 2. The molecule has 1 aromatic heterocycles. The van der Waals surface area contributed by atoms with Crippen molar-refractivity contribution in [2.24, 2.45) is 0 Å². The maximum atomic E-state index is 12.0. The zero-order chi connectivity index (χ0) is 11.1. The van der Waals surface area contributed by atoms with Crippen molar-refractivity contribution in [2.45, 2.75) is 16.5 Å². The highest BCUT2D eigenvalue weighted by molar-refractivity contribution is 7.99. The lowest BCUT2D eigenvalue weighted by Gasteiger charge is -2.02. The summed E-state index contributed by atoms with van der Waals surface area (Å²) in [5, 5.41) is 1.70. The highest BCUT2D eigenvalue weighted by Gasteiger charge is 2.19. The van der Waals surface area contributed by atoms with Crippen molar-refractivity contribution in [1.29, 1.82) is 0 Å². The number of aromatic nitrogens is 1. The molecule has 0 amide bonds. The Kier molecular flexibility index (Phi) is 2.30. The number of ketones is 1. The Morgan fingerprint density at radius 1 is 1.31 bits per heavy atom. The van der Waals surface area contributed by atoms with Gasteiger partial charge in [0, 0.05) is 21.7 Å². The number of rotatable bonds is 0. The number of hydrogen-bond acceptors (Lipinski definition) is 2. The molecule has 1 aliphatic heterocycles. The molecule has 4 heteroatoms. The fraction of sp³-hybridized carbons (Fsp3) is 0.0833. The molecule has 0 spiro atoms. The van der Waals surface area contributed by atoms with Crippen LogP contribution in [0.5, 0.6) is 0 Å². The lowest BCUT2D eigenvalue weighted by molar-refractivity contribution is 0.0968. The molecule has 0 saturated carbocycles. The molecule has 16 heavy (non-hydrogen) atoms. The third-order valence-corrected chi connectivity index (χ3v) is 3.95. The quantitative estimate of drug-likeness (QED) is 0.713. The minimum atomic E-state index is 0.111. The number of carbonyl (C=O) groups is 1. The molecule has 0 N–H and O–H groups in total. The summed E-state index contributed by atoms with van der Waals surface area (Å²) in [6, 6.07) is 9.44.